The average Bonchev–Trinajstić information content (AvgIpc) is 3.18. The number of nitrogens with one attached hydrogen (secondary N) is 1. The van der Waals surface area contributed by atoms with Gasteiger partial charge in [-0.05, 0) is 31.2 Å². The van der Waals surface area contributed by atoms with Crippen molar-refractivity contribution in [1.82, 2.24) is 4.98 Å². The van der Waals surface area contributed by atoms with E-state index < -0.39 is 0 Å². The number of benzene rings is 2. The summed E-state index contributed by atoms with van der Waals surface area (Å²) in [5.41, 5.74) is 3.01. The molecule has 138 valence electrons. The van der Waals surface area contributed by atoms with Crippen LogP contribution in [0.5, 0.6) is 0 Å². The van der Waals surface area contributed by atoms with Crippen molar-refractivity contribution in [2.45, 2.75) is 13.5 Å². The number of carbonyl (C=O) groups is 1. The summed E-state index contributed by atoms with van der Waals surface area (Å²) in [7, 11) is 0. The van der Waals surface area contributed by atoms with E-state index in [4.69, 9.17) is 4.42 Å². The van der Waals surface area contributed by atoms with Gasteiger partial charge in [-0.15, -0.1) is 0 Å². The molecular weight excluding hydrogens is 338 g/mol. The number of nitrogens with zero attached hydrogens (tertiary/aromatic N) is 2. The zero-order chi connectivity index (χ0) is 18.6. The lowest BCUT2D eigenvalue weighted by Crippen LogP contribution is -3.13. The minimum atomic E-state index is 0.108. The van der Waals surface area contributed by atoms with Crippen LogP contribution in [-0.4, -0.2) is 36.9 Å². The van der Waals surface area contributed by atoms with Crippen LogP contribution in [0.1, 0.15) is 23.2 Å². The van der Waals surface area contributed by atoms with E-state index in [1.165, 1.54) is 10.6 Å². The summed E-state index contributed by atoms with van der Waals surface area (Å²) in [5, 5.41) is 0. The summed E-state index contributed by atoms with van der Waals surface area (Å²) in [6.45, 7) is 6.46. The van der Waals surface area contributed by atoms with Gasteiger partial charge in [0.1, 0.15) is 0 Å². The SMILES string of the molecule is CC(=O)c1ccc(N2CC[NH+](Cc3ncc(-c4ccccc4)o3)CC2)cc1. The van der Waals surface area contributed by atoms with Crippen molar-refractivity contribution in [3.8, 4) is 11.3 Å². The molecule has 0 aliphatic carbocycles. The first-order chi connectivity index (χ1) is 13.2. The Morgan fingerprint density at radius 1 is 1.07 bits per heavy atom. The number of hydrogen-bond acceptors (Lipinski definition) is 4. The first kappa shape index (κ1) is 17.5. The Morgan fingerprint density at radius 3 is 2.44 bits per heavy atom. The third-order valence-electron chi connectivity index (χ3n) is 5.12. The van der Waals surface area contributed by atoms with Gasteiger partial charge in [0.05, 0.1) is 32.4 Å². The number of piperazine rings is 1. The molecule has 1 saturated heterocycles. The van der Waals surface area contributed by atoms with Crippen molar-refractivity contribution in [3.05, 3.63) is 72.2 Å². The normalized spacial score (nSPS) is 15.1. The van der Waals surface area contributed by atoms with E-state index in [1.54, 1.807) is 6.92 Å². The van der Waals surface area contributed by atoms with E-state index in [9.17, 15) is 4.79 Å². The molecule has 0 unspecified atom stereocenters. The van der Waals surface area contributed by atoms with Gasteiger partial charge in [0.2, 0.25) is 0 Å². The summed E-state index contributed by atoms with van der Waals surface area (Å²) < 4.78 is 5.94. The van der Waals surface area contributed by atoms with E-state index in [0.29, 0.717) is 0 Å². The molecule has 5 nitrogen and oxygen atoms in total. The van der Waals surface area contributed by atoms with Crippen LogP contribution in [0.2, 0.25) is 0 Å². The minimum Gasteiger partial charge on any atom is -0.435 e. The lowest BCUT2D eigenvalue weighted by atomic mass is 10.1. The van der Waals surface area contributed by atoms with Gasteiger partial charge in [-0.25, -0.2) is 4.98 Å². The molecule has 4 rings (SSSR count). The van der Waals surface area contributed by atoms with Gasteiger partial charge in [-0.1, -0.05) is 30.3 Å². The quantitative estimate of drug-likeness (QED) is 0.709. The highest BCUT2D eigenvalue weighted by molar-refractivity contribution is 5.94. The number of quaternary nitrogens is 1. The van der Waals surface area contributed by atoms with Gasteiger partial charge in [-0.3, -0.25) is 4.79 Å². The van der Waals surface area contributed by atoms with Gasteiger partial charge >= 0.3 is 0 Å². The molecule has 1 fully saturated rings. The van der Waals surface area contributed by atoms with E-state index >= 15 is 0 Å². The number of anilines is 1. The largest absolute Gasteiger partial charge is 0.435 e. The van der Waals surface area contributed by atoms with Gasteiger partial charge in [-0.2, -0.15) is 0 Å². The highest BCUT2D eigenvalue weighted by Crippen LogP contribution is 2.19. The fourth-order valence-electron chi connectivity index (χ4n) is 3.51. The maximum Gasteiger partial charge on any atom is 0.250 e. The molecule has 0 amide bonds. The van der Waals surface area contributed by atoms with Crippen LogP contribution in [0.15, 0.2) is 65.2 Å². The van der Waals surface area contributed by atoms with E-state index in [0.717, 1.165) is 55.5 Å². The van der Waals surface area contributed by atoms with Crippen molar-refractivity contribution in [2.24, 2.45) is 0 Å². The van der Waals surface area contributed by atoms with Crippen molar-refractivity contribution in [3.63, 3.8) is 0 Å². The molecule has 1 N–H and O–H groups in total. The van der Waals surface area contributed by atoms with Crippen LogP contribution in [-0.2, 0) is 6.54 Å². The topological polar surface area (TPSA) is 50.8 Å². The zero-order valence-corrected chi connectivity index (χ0v) is 15.5. The first-order valence-corrected chi connectivity index (χ1v) is 9.39. The summed E-state index contributed by atoms with van der Waals surface area (Å²) >= 11 is 0. The molecule has 0 radical (unpaired) electrons. The summed E-state index contributed by atoms with van der Waals surface area (Å²) in [6, 6.07) is 18.0. The van der Waals surface area contributed by atoms with Crippen LogP contribution in [0.25, 0.3) is 11.3 Å². The number of Topliss-reactive ketones (excluding diaryl/α,β-unsaturated/α-hetero) is 1. The highest BCUT2D eigenvalue weighted by atomic mass is 16.4. The van der Waals surface area contributed by atoms with Crippen LogP contribution < -0.4 is 9.80 Å². The lowest BCUT2D eigenvalue weighted by molar-refractivity contribution is -0.915. The van der Waals surface area contributed by atoms with Gasteiger partial charge < -0.3 is 14.2 Å². The third kappa shape index (κ3) is 4.09. The molecule has 0 bridgehead atoms. The van der Waals surface area contributed by atoms with E-state index in [1.807, 2.05) is 60.8 Å². The summed E-state index contributed by atoms with van der Waals surface area (Å²) in [4.78, 5) is 19.7. The van der Waals surface area contributed by atoms with Crippen LogP contribution >= 0.6 is 0 Å². The average molecular weight is 362 g/mol. The van der Waals surface area contributed by atoms with Crippen LogP contribution in [0, 0.1) is 0 Å². The van der Waals surface area contributed by atoms with Crippen molar-refractivity contribution < 1.29 is 14.1 Å². The number of oxazole rings is 1. The van der Waals surface area contributed by atoms with E-state index in [-0.39, 0.29) is 5.78 Å². The fraction of sp³-hybridized carbons (Fsp3) is 0.273. The number of hydrogen-bond donors (Lipinski definition) is 1. The number of rotatable bonds is 5. The molecule has 2 aromatic carbocycles. The Balaban J connectivity index is 1.33. The molecule has 1 aromatic heterocycles. The smallest absolute Gasteiger partial charge is 0.250 e. The molecule has 0 spiro atoms. The molecule has 1 aliphatic rings. The Bertz CT molecular complexity index is 895. The minimum absolute atomic E-state index is 0.108. The predicted molar refractivity (Wildman–Crippen MR) is 105 cm³/mol. The van der Waals surface area contributed by atoms with E-state index in [2.05, 4.69) is 9.88 Å². The standard InChI is InChI=1S/C22H23N3O2/c1-17(26)18-7-9-20(10-8-18)25-13-11-24(12-14-25)16-22-23-15-21(27-22)19-5-3-2-4-6-19/h2-10,15H,11-14,16H2,1H3/p+1. The lowest BCUT2D eigenvalue weighted by Gasteiger charge is -2.33. The van der Waals surface area contributed by atoms with Gasteiger partial charge in [0.15, 0.2) is 18.1 Å². The molecule has 5 heteroatoms. The highest BCUT2D eigenvalue weighted by Gasteiger charge is 2.22. The maximum absolute atomic E-state index is 11.4. The molecule has 1 aliphatic heterocycles. The molecule has 2 heterocycles. The van der Waals surface area contributed by atoms with Crippen molar-refractivity contribution in [2.75, 3.05) is 31.1 Å². The molecule has 0 atom stereocenters. The maximum atomic E-state index is 11.4. The van der Waals surface area contributed by atoms with Crippen LogP contribution in [0.3, 0.4) is 0 Å². The number of carbonyl (C=O) groups excluding carboxylic acids is 1. The molecule has 0 saturated carbocycles. The summed E-state index contributed by atoms with van der Waals surface area (Å²) in [5.74, 6) is 1.73. The summed E-state index contributed by atoms with van der Waals surface area (Å²) in [6.07, 6.45) is 1.82. The van der Waals surface area contributed by atoms with Crippen molar-refractivity contribution in [1.29, 1.82) is 0 Å². The van der Waals surface area contributed by atoms with Crippen LogP contribution in [0.4, 0.5) is 5.69 Å². The monoisotopic (exact) mass is 362 g/mol. The van der Waals surface area contributed by atoms with Gasteiger partial charge in [0, 0.05) is 16.8 Å². The first-order valence-electron chi connectivity index (χ1n) is 9.39. The molecular formula is C22H24N3O2+. The fourth-order valence-corrected chi connectivity index (χ4v) is 3.51. The Morgan fingerprint density at radius 2 is 1.78 bits per heavy atom. The molecule has 27 heavy (non-hydrogen) atoms. The van der Waals surface area contributed by atoms with Gasteiger partial charge in [0.25, 0.3) is 5.89 Å². The van der Waals surface area contributed by atoms with Crippen molar-refractivity contribution >= 4 is 11.5 Å². The zero-order valence-electron chi connectivity index (χ0n) is 15.5. The number of aromatic nitrogens is 1. The number of ketones is 1. The second kappa shape index (κ2) is 7.76. The molecule has 3 aromatic rings. The second-order valence-corrected chi connectivity index (χ2v) is 7.00. The Hall–Kier alpha value is -2.92. The second-order valence-electron chi connectivity index (χ2n) is 7.00. The predicted octanol–water partition coefficient (Wildman–Crippen LogP) is 2.45. The Kier molecular flexibility index (Phi) is 5.03. The Labute approximate surface area is 159 Å². The third-order valence-corrected chi connectivity index (χ3v) is 5.12.